The highest BCUT2D eigenvalue weighted by Crippen LogP contribution is 2.27. The summed E-state index contributed by atoms with van der Waals surface area (Å²) in [6.07, 6.45) is 6.43. The second-order valence-electron chi connectivity index (χ2n) is 5.68. The molecule has 0 atom stereocenters. The lowest BCUT2D eigenvalue weighted by atomic mass is 9.94. The molecule has 4 heteroatoms. The minimum atomic E-state index is 0.640. The van der Waals surface area contributed by atoms with E-state index in [1.54, 1.807) is 0 Å². The molecule has 1 aliphatic heterocycles. The van der Waals surface area contributed by atoms with Crippen LogP contribution >= 0.6 is 0 Å². The number of piperidine rings is 1. The first-order valence-corrected chi connectivity index (χ1v) is 7.64. The highest BCUT2D eigenvalue weighted by Gasteiger charge is 2.22. The Morgan fingerprint density at radius 2 is 2.05 bits per heavy atom. The number of aryl methyl sites for hydroxylation is 1. The fourth-order valence-corrected chi connectivity index (χ4v) is 3.00. The molecule has 0 saturated carbocycles. The Morgan fingerprint density at radius 3 is 2.75 bits per heavy atom. The van der Waals surface area contributed by atoms with Crippen molar-refractivity contribution in [2.45, 2.75) is 45.1 Å². The van der Waals surface area contributed by atoms with Gasteiger partial charge in [-0.2, -0.15) is 5.10 Å². The smallest absolute Gasteiger partial charge is 0.118 e. The average molecular weight is 273 g/mol. The van der Waals surface area contributed by atoms with Gasteiger partial charge < -0.3 is 4.42 Å². The second-order valence-corrected chi connectivity index (χ2v) is 5.68. The van der Waals surface area contributed by atoms with E-state index in [4.69, 9.17) is 4.42 Å². The number of nitrogens with one attached hydrogen (secondary N) is 1. The van der Waals surface area contributed by atoms with Crippen LogP contribution in [0, 0.1) is 0 Å². The van der Waals surface area contributed by atoms with E-state index < -0.39 is 0 Å². The Hall–Kier alpha value is -1.55. The number of likely N-dealkylation sites (tertiary alicyclic amines) is 1. The molecule has 108 valence electrons. The maximum Gasteiger partial charge on any atom is 0.118 e. The zero-order valence-corrected chi connectivity index (χ0v) is 12.1. The van der Waals surface area contributed by atoms with Gasteiger partial charge in [0.25, 0.3) is 0 Å². The Kier molecular flexibility index (Phi) is 4.21. The van der Waals surface area contributed by atoms with Crippen LogP contribution in [0.1, 0.15) is 49.3 Å². The molecule has 1 aliphatic rings. The summed E-state index contributed by atoms with van der Waals surface area (Å²) < 4.78 is 5.87. The van der Waals surface area contributed by atoms with Crippen LogP contribution in [0.15, 0.2) is 28.8 Å². The van der Waals surface area contributed by atoms with E-state index in [2.05, 4.69) is 40.2 Å². The third kappa shape index (κ3) is 3.12. The zero-order chi connectivity index (χ0) is 13.8. The first-order chi connectivity index (χ1) is 9.85. The number of hydrogen-bond acceptors (Lipinski definition) is 3. The van der Waals surface area contributed by atoms with Crippen molar-refractivity contribution in [3.05, 3.63) is 41.6 Å². The maximum absolute atomic E-state index is 5.87. The Bertz CT molecular complexity index is 510. The first kappa shape index (κ1) is 13.4. The summed E-state index contributed by atoms with van der Waals surface area (Å²) in [6, 6.07) is 6.35. The lowest BCUT2D eigenvalue weighted by molar-refractivity contribution is 0.188. The summed E-state index contributed by atoms with van der Waals surface area (Å²) in [4.78, 5) is 2.49. The van der Waals surface area contributed by atoms with E-state index in [9.17, 15) is 0 Å². The monoisotopic (exact) mass is 273 g/mol. The SMILES string of the molecule is CCCc1ccc(CN2CCC(c3ccn[nH]3)CC2)o1. The van der Waals surface area contributed by atoms with Crippen LogP contribution in [0.5, 0.6) is 0 Å². The lowest BCUT2D eigenvalue weighted by Gasteiger charge is -2.30. The van der Waals surface area contributed by atoms with Gasteiger partial charge in [0.2, 0.25) is 0 Å². The average Bonchev–Trinajstić information content (AvgIpc) is 3.12. The molecule has 0 spiro atoms. The van der Waals surface area contributed by atoms with Gasteiger partial charge in [-0.3, -0.25) is 10.00 Å². The van der Waals surface area contributed by atoms with Crippen molar-refractivity contribution in [3.8, 4) is 0 Å². The molecule has 0 bridgehead atoms. The third-order valence-corrected chi connectivity index (χ3v) is 4.14. The largest absolute Gasteiger partial charge is 0.465 e. The predicted octanol–water partition coefficient (Wildman–Crippen LogP) is 3.33. The molecule has 0 aliphatic carbocycles. The molecular formula is C16H23N3O. The number of aromatic amines is 1. The van der Waals surface area contributed by atoms with E-state index in [0.29, 0.717) is 5.92 Å². The van der Waals surface area contributed by atoms with Crippen LogP contribution in [-0.4, -0.2) is 28.2 Å². The summed E-state index contributed by atoms with van der Waals surface area (Å²) in [7, 11) is 0. The lowest BCUT2D eigenvalue weighted by Crippen LogP contribution is -2.32. The van der Waals surface area contributed by atoms with Gasteiger partial charge in [0, 0.05) is 24.2 Å². The molecular weight excluding hydrogens is 250 g/mol. The standard InChI is InChI=1S/C16H23N3O/c1-2-3-14-4-5-15(20-14)12-19-10-7-13(8-11-19)16-6-9-17-18-16/h4-6,9,13H,2-3,7-8,10-12H2,1H3,(H,17,18). The predicted molar refractivity (Wildman–Crippen MR) is 78.5 cm³/mol. The van der Waals surface area contributed by atoms with Gasteiger partial charge in [0.15, 0.2) is 0 Å². The molecule has 1 saturated heterocycles. The van der Waals surface area contributed by atoms with Gasteiger partial charge in [0.1, 0.15) is 11.5 Å². The van der Waals surface area contributed by atoms with Crippen LogP contribution in [0.4, 0.5) is 0 Å². The molecule has 1 N–H and O–H groups in total. The molecule has 20 heavy (non-hydrogen) atoms. The Morgan fingerprint density at radius 1 is 1.25 bits per heavy atom. The highest BCUT2D eigenvalue weighted by molar-refractivity contribution is 5.09. The number of aromatic nitrogens is 2. The highest BCUT2D eigenvalue weighted by atomic mass is 16.3. The molecule has 1 fully saturated rings. The topological polar surface area (TPSA) is 45.1 Å². The van der Waals surface area contributed by atoms with Crippen molar-refractivity contribution in [2.75, 3.05) is 13.1 Å². The molecule has 3 heterocycles. The van der Waals surface area contributed by atoms with Gasteiger partial charge >= 0.3 is 0 Å². The summed E-state index contributed by atoms with van der Waals surface area (Å²) in [6.45, 7) is 5.39. The van der Waals surface area contributed by atoms with Crippen molar-refractivity contribution in [1.82, 2.24) is 15.1 Å². The Labute approximate surface area is 120 Å². The molecule has 2 aromatic heterocycles. The fourth-order valence-electron chi connectivity index (χ4n) is 3.00. The van der Waals surface area contributed by atoms with E-state index in [1.165, 1.54) is 18.5 Å². The molecule has 4 nitrogen and oxygen atoms in total. The summed E-state index contributed by atoms with van der Waals surface area (Å²) in [5.74, 6) is 2.87. The van der Waals surface area contributed by atoms with Gasteiger partial charge in [-0.25, -0.2) is 0 Å². The third-order valence-electron chi connectivity index (χ3n) is 4.14. The fraction of sp³-hybridized carbons (Fsp3) is 0.562. The van der Waals surface area contributed by atoms with Crippen LogP contribution < -0.4 is 0 Å². The van der Waals surface area contributed by atoms with Gasteiger partial charge in [0.05, 0.1) is 6.54 Å². The summed E-state index contributed by atoms with van der Waals surface area (Å²) >= 11 is 0. The van der Waals surface area contributed by atoms with Crippen LogP contribution in [0.3, 0.4) is 0 Å². The Balaban J connectivity index is 1.50. The number of rotatable bonds is 5. The molecule has 0 aromatic carbocycles. The van der Waals surface area contributed by atoms with Gasteiger partial charge in [-0.15, -0.1) is 0 Å². The molecule has 2 aromatic rings. The van der Waals surface area contributed by atoms with Crippen molar-refractivity contribution in [3.63, 3.8) is 0 Å². The zero-order valence-electron chi connectivity index (χ0n) is 12.1. The van der Waals surface area contributed by atoms with Crippen molar-refractivity contribution in [2.24, 2.45) is 0 Å². The van der Waals surface area contributed by atoms with Crippen LogP contribution in [0.25, 0.3) is 0 Å². The number of furan rings is 1. The second kappa shape index (κ2) is 6.27. The van der Waals surface area contributed by atoms with Crippen molar-refractivity contribution < 1.29 is 4.42 Å². The molecule has 0 amide bonds. The van der Waals surface area contributed by atoms with E-state index in [0.717, 1.165) is 44.0 Å². The van der Waals surface area contributed by atoms with E-state index in [1.807, 2.05) is 6.20 Å². The minimum Gasteiger partial charge on any atom is -0.465 e. The normalized spacial score (nSPS) is 17.6. The van der Waals surface area contributed by atoms with Gasteiger partial charge in [-0.05, 0) is 50.6 Å². The van der Waals surface area contributed by atoms with Crippen LogP contribution in [-0.2, 0) is 13.0 Å². The van der Waals surface area contributed by atoms with Crippen LogP contribution in [0.2, 0.25) is 0 Å². The van der Waals surface area contributed by atoms with E-state index in [-0.39, 0.29) is 0 Å². The minimum absolute atomic E-state index is 0.640. The first-order valence-electron chi connectivity index (χ1n) is 7.64. The van der Waals surface area contributed by atoms with E-state index >= 15 is 0 Å². The quantitative estimate of drug-likeness (QED) is 0.908. The number of hydrogen-bond donors (Lipinski definition) is 1. The summed E-state index contributed by atoms with van der Waals surface area (Å²) in [5.41, 5.74) is 1.29. The molecule has 0 radical (unpaired) electrons. The van der Waals surface area contributed by atoms with Crippen molar-refractivity contribution >= 4 is 0 Å². The van der Waals surface area contributed by atoms with Crippen molar-refractivity contribution in [1.29, 1.82) is 0 Å². The van der Waals surface area contributed by atoms with Gasteiger partial charge in [-0.1, -0.05) is 6.92 Å². The summed E-state index contributed by atoms with van der Waals surface area (Å²) in [5, 5.41) is 7.15. The maximum atomic E-state index is 5.87. The molecule has 3 rings (SSSR count). The molecule has 0 unspecified atom stereocenters. The number of H-pyrrole nitrogens is 1. The number of nitrogens with zero attached hydrogens (tertiary/aromatic N) is 2.